The fourth-order valence-electron chi connectivity index (χ4n) is 2.05. The average Bonchev–Trinajstić information content (AvgIpc) is 2.36. The van der Waals surface area contributed by atoms with Crippen molar-refractivity contribution in [2.45, 2.75) is 0 Å². The summed E-state index contributed by atoms with van der Waals surface area (Å²) in [5.74, 6) is 1.55. The first-order chi connectivity index (χ1) is 8.19. The van der Waals surface area contributed by atoms with Crippen LogP contribution in [0.2, 0.25) is 0 Å². The van der Waals surface area contributed by atoms with E-state index in [9.17, 15) is 0 Å². The normalized spacial score (nSPS) is 10.4. The number of hydrogen-bond acceptors (Lipinski definition) is 3. The van der Waals surface area contributed by atoms with Crippen molar-refractivity contribution in [3.05, 3.63) is 30.3 Å². The highest BCUT2D eigenvalue weighted by atomic mass is 16.5. The van der Waals surface area contributed by atoms with E-state index in [1.165, 1.54) is 5.69 Å². The maximum absolute atomic E-state index is 5.44. The van der Waals surface area contributed by atoms with Gasteiger partial charge in [-0.15, -0.1) is 0 Å². The topological polar surface area (TPSA) is 21.7 Å². The summed E-state index contributed by atoms with van der Waals surface area (Å²) in [5.41, 5.74) is 1.17. The zero-order valence-corrected chi connectivity index (χ0v) is 10.7. The molecule has 0 unspecified atom stereocenters. The first-order valence-corrected chi connectivity index (χ1v) is 5.50. The second-order valence-corrected chi connectivity index (χ2v) is 4.07. The Bertz CT molecular complexity index is 535. The largest absolute Gasteiger partial charge is 0.493 e. The third-order valence-electron chi connectivity index (χ3n) is 2.86. The van der Waals surface area contributed by atoms with Gasteiger partial charge in [0.25, 0.3) is 0 Å². The first-order valence-electron chi connectivity index (χ1n) is 5.50. The molecule has 3 nitrogen and oxygen atoms in total. The molecule has 0 aliphatic carbocycles. The SMILES string of the molecule is COc1ccc2c(N(C)C)cccc2c1OC. The zero-order chi connectivity index (χ0) is 12.4. The molecule has 0 fully saturated rings. The number of ether oxygens (including phenoxy) is 2. The highest BCUT2D eigenvalue weighted by molar-refractivity contribution is 5.99. The fourth-order valence-corrected chi connectivity index (χ4v) is 2.05. The van der Waals surface area contributed by atoms with Crippen LogP contribution in [0.15, 0.2) is 30.3 Å². The summed E-state index contributed by atoms with van der Waals surface area (Å²) >= 11 is 0. The summed E-state index contributed by atoms with van der Waals surface area (Å²) in [6, 6.07) is 10.2. The van der Waals surface area contributed by atoms with Gasteiger partial charge in [-0.3, -0.25) is 0 Å². The molecule has 0 aromatic heterocycles. The Balaban J connectivity index is 2.78. The van der Waals surface area contributed by atoms with Crippen LogP contribution in [0.3, 0.4) is 0 Å². The van der Waals surface area contributed by atoms with Gasteiger partial charge in [-0.25, -0.2) is 0 Å². The van der Waals surface area contributed by atoms with Crippen molar-refractivity contribution in [2.75, 3.05) is 33.2 Å². The van der Waals surface area contributed by atoms with Crippen molar-refractivity contribution < 1.29 is 9.47 Å². The standard InChI is InChI=1S/C14H17NO2/c1-15(2)12-7-5-6-11-10(12)8-9-13(16-3)14(11)17-4/h5-9H,1-4H3. The molecule has 0 heterocycles. The molecule has 0 atom stereocenters. The van der Waals surface area contributed by atoms with Gasteiger partial charge in [-0.1, -0.05) is 12.1 Å². The van der Waals surface area contributed by atoms with Crippen LogP contribution in [-0.2, 0) is 0 Å². The summed E-state index contributed by atoms with van der Waals surface area (Å²) < 4.78 is 10.7. The quantitative estimate of drug-likeness (QED) is 0.810. The van der Waals surface area contributed by atoms with Gasteiger partial charge in [0.2, 0.25) is 0 Å². The Morgan fingerprint density at radius 2 is 1.65 bits per heavy atom. The molecule has 2 rings (SSSR count). The van der Waals surface area contributed by atoms with Crippen LogP contribution in [0.5, 0.6) is 11.5 Å². The number of anilines is 1. The van der Waals surface area contributed by atoms with Crippen molar-refractivity contribution >= 4 is 16.5 Å². The van der Waals surface area contributed by atoms with Crippen molar-refractivity contribution in [3.8, 4) is 11.5 Å². The summed E-state index contributed by atoms with van der Waals surface area (Å²) in [7, 11) is 7.38. The molecule has 0 radical (unpaired) electrons. The van der Waals surface area contributed by atoms with E-state index in [1.54, 1.807) is 14.2 Å². The molecule has 0 aliphatic rings. The van der Waals surface area contributed by atoms with Gasteiger partial charge in [0, 0.05) is 30.6 Å². The molecule has 0 aliphatic heterocycles. The van der Waals surface area contributed by atoms with Crippen LogP contribution < -0.4 is 14.4 Å². The second kappa shape index (κ2) is 4.53. The molecule has 90 valence electrons. The van der Waals surface area contributed by atoms with Crippen molar-refractivity contribution in [2.24, 2.45) is 0 Å². The van der Waals surface area contributed by atoms with E-state index in [4.69, 9.17) is 9.47 Å². The molecule has 0 spiro atoms. The van der Waals surface area contributed by atoms with Gasteiger partial charge in [-0.2, -0.15) is 0 Å². The maximum Gasteiger partial charge on any atom is 0.168 e. The van der Waals surface area contributed by atoms with Crippen LogP contribution in [0.25, 0.3) is 10.8 Å². The van der Waals surface area contributed by atoms with Crippen LogP contribution >= 0.6 is 0 Å². The van der Waals surface area contributed by atoms with E-state index in [2.05, 4.69) is 17.0 Å². The van der Waals surface area contributed by atoms with Gasteiger partial charge in [0.15, 0.2) is 11.5 Å². The molecule has 17 heavy (non-hydrogen) atoms. The van der Waals surface area contributed by atoms with E-state index in [1.807, 2.05) is 32.3 Å². The molecule has 2 aromatic carbocycles. The lowest BCUT2D eigenvalue weighted by Gasteiger charge is -2.17. The van der Waals surface area contributed by atoms with E-state index in [0.29, 0.717) is 0 Å². The number of hydrogen-bond donors (Lipinski definition) is 0. The Morgan fingerprint density at radius 3 is 2.24 bits per heavy atom. The van der Waals surface area contributed by atoms with Gasteiger partial charge >= 0.3 is 0 Å². The number of nitrogens with zero attached hydrogens (tertiary/aromatic N) is 1. The summed E-state index contributed by atoms with van der Waals surface area (Å²) in [4.78, 5) is 2.09. The number of methoxy groups -OCH3 is 2. The third-order valence-corrected chi connectivity index (χ3v) is 2.86. The average molecular weight is 231 g/mol. The van der Waals surface area contributed by atoms with E-state index in [-0.39, 0.29) is 0 Å². The van der Waals surface area contributed by atoms with Gasteiger partial charge in [-0.05, 0) is 18.2 Å². The van der Waals surface area contributed by atoms with E-state index >= 15 is 0 Å². The highest BCUT2D eigenvalue weighted by Gasteiger charge is 2.11. The number of rotatable bonds is 3. The smallest absolute Gasteiger partial charge is 0.168 e. The summed E-state index contributed by atoms with van der Waals surface area (Å²) in [6.07, 6.45) is 0. The van der Waals surface area contributed by atoms with E-state index < -0.39 is 0 Å². The van der Waals surface area contributed by atoms with Crippen molar-refractivity contribution in [1.29, 1.82) is 0 Å². The van der Waals surface area contributed by atoms with Crippen LogP contribution in [0.4, 0.5) is 5.69 Å². The maximum atomic E-state index is 5.44. The van der Waals surface area contributed by atoms with Gasteiger partial charge in [0.1, 0.15) is 0 Å². The lowest BCUT2D eigenvalue weighted by atomic mass is 10.1. The summed E-state index contributed by atoms with van der Waals surface area (Å²) in [6.45, 7) is 0. The minimum atomic E-state index is 0.760. The van der Waals surface area contributed by atoms with Gasteiger partial charge in [0.05, 0.1) is 14.2 Å². The monoisotopic (exact) mass is 231 g/mol. The van der Waals surface area contributed by atoms with Crippen LogP contribution in [-0.4, -0.2) is 28.3 Å². The zero-order valence-electron chi connectivity index (χ0n) is 10.7. The number of fused-ring (bicyclic) bond motifs is 1. The molecule has 0 saturated heterocycles. The van der Waals surface area contributed by atoms with Crippen molar-refractivity contribution in [3.63, 3.8) is 0 Å². The van der Waals surface area contributed by atoms with Gasteiger partial charge < -0.3 is 14.4 Å². The Hall–Kier alpha value is -1.90. The second-order valence-electron chi connectivity index (χ2n) is 4.07. The fraction of sp³-hybridized carbons (Fsp3) is 0.286. The molecule has 3 heteroatoms. The number of benzene rings is 2. The summed E-state index contributed by atoms with van der Waals surface area (Å²) in [5, 5.41) is 2.23. The Labute approximate surface area is 102 Å². The molecule has 0 N–H and O–H groups in total. The lowest BCUT2D eigenvalue weighted by molar-refractivity contribution is 0.358. The molecular weight excluding hydrogens is 214 g/mol. The predicted molar refractivity (Wildman–Crippen MR) is 71.4 cm³/mol. The van der Waals surface area contributed by atoms with Crippen molar-refractivity contribution in [1.82, 2.24) is 0 Å². The molecular formula is C14H17NO2. The molecule has 0 saturated carbocycles. The lowest BCUT2D eigenvalue weighted by Crippen LogP contribution is -2.09. The molecule has 2 aromatic rings. The molecule has 0 bridgehead atoms. The Kier molecular flexibility index (Phi) is 3.09. The van der Waals surface area contributed by atoms with Crippen LogP contribution in [0.1, 0.15) is 0 Å². The predicted octanol–water partition coefficient (Wildman–Crippen LogP) is 2.92. The molecule has 0 amide bonds. The van der Waals surface area contributed by atoms with Crippen LogP contribution in [0, 0.1) is 0 Å². The first kappa shape index (κ1) is 11.6. The minimum absolute atomic E-state index is 0.760. The minimum Gasteiger partial charge on any atom is -0.493 e. The highest BCUT2D eigenvalue weighted by Crippen LogP contribution is 2.38. The third kappa shape index (κ3) is 1.88. The Morgan fingerprint density at radius 1 is 0.882 bits per heavy atom. The van der Waals surface area contributed by atoms with E-state index in [0.717, 1.165) is 22.3 Å².